The Hall–Kier alpha value is -3.35. The molecule has 2 aromatic heterocycles. The van der Waals surface area contributed by atoms with Crippen molar-refractivity contribution in [1.29, 1.82) is 0 Å². The first-order chi connectivity index (χ1) is 17.9. The van der Waals surface area contributed by atoms with Crippen molar-refractivity contribution < 1.29 is 31.1 Å². The number of hydrogen-bond acceptors (Lipinski definition) is 7. The van der Waals surface area contributed by atoms with Gasteiger partial charge < -0.3 is 16.2 Å². The van der Waals surface area contributed by atoms with Crippen molar-refractivity contribution in [3.63, 3.8) is 0 Å². The van der Waals surface area contributed by atoms with Crippen LogP contribution >= 0.6 is 0 Å². The Bertz CT molecular complexity index is 1480. The highest BCUT2D eigenvalue weighted by Gasteiger charge is 2.52. The normalized spacial score (nSPS) is 23.5. The highest BCUT2D eigenvalue weighted by molar-refractivity contribution is 5.94. The van der Waals surface area contributed by atoms with Crippen LogP contribution in [0.2, 0.25) is 0 Å². The number of nitrogen functional groups attached to an aromatic ring is 2. The molecule has 3 aliphatic rings. The Kier molecular flexibility index (Phi) is 5.47. The van der Waals surface area contributed by atoms with E-state index in [-0.39, 0.29) is 47.4 Å². The number of halogens is 6. The molecule has 13 heteroatoms. The molecule has 0 radical (unpaired) electrons. The van der Waals surface area contributed by atoms with Crippen molar-refractivity contribution in [2.45, 2.75) is 56.4 Å². The Balaban J connectivity index is 1.50. The number of alkyl halides is 4. The van der Waals surface area contributed by atoms with E-state index in [9.17, 15) is 22.0 Å². The van der Waals surface area contributed by atoms with Gasteiger partial charge in [0.05, 0.1) is 27.9 Å². The number of benzene rings is 1. The van der Waals surface area contributed by atoms with Crippen LogP contribution in [0.15, 0.2) is 6.07 Å². The van der Waals surface area contributed by atoms with E-state index < -0.39 is 57.6 Å². The Labute approximate surface area is 213 Å². The SMILES string of the molecule is Cc1c(F)c(N)cc(-c2nc(C3CC3)c3c(N)nc(OCC45CCN4CC(F)C5)nc3c2F)c1C(F)(F)F. The summed E-state index contributed by atoms with van der Waals surface area (Å²) < 4.78 is 92.3. The van der Waals surface area contributed by atoms with E-state index in [0.717, 1.165) is 26.0 Å². The van der Waals surface area contributed by atoms with E-state index >= 15 is 4.39 Å². The van der Waals surface area contributed by atoms with Crippen LogP contribution < -0.4 is 16.2 Å². The summed E-state index contributed by atoms with van der Waals surface area (Å²) in [6.07, 6.45) is -3.65. The number of nitrogens with two attached hydrogens (primary N) is 2. The molecule has 0 bridgehead atoms. The summed E-state index contributed by atoms with van der Waals surface area (Å²) in [5, 5.41) is 0.0922. The topological polar surface area (TPSA) is 103 Å². The summed E-state index contributed by atoms with van der Waals surface area (Å²) in [5.74, 6) is -2.73. The van der Waals surface area contributed by atoms with Gasteiger partial charge in [-0.25, -0.2) is 18.2 Å². The molecule has 202 valence electrons. The van der Waals surface area contributed by atoms with Crippen molar-refractivity contribution >= 4 is 22.4 Å². The Morgan fingerprint density at radius 2 is 1.87 bits per heavy atom. The molecule has 6 rings (SSSR count). The van der Waals surface area contributed by atoms with Gasteiger partial charge in [0.1, 0.15) is 35.6 Å². The summed E-state index contributed by atoms with van der Waals surface area (Å²) in [7, 11) is 0. The van der Waals surface area contributed by atoms with E-state index in [1.165, 1.54) is 0 Å². The highest BCUT2D eigenvalue weighted by Crippen LogP contribution is 2.48. The van der Waals surface area contributed by atoms with Crippen molar-refractivity contribution in [2.24, 2.45) is 0 Å². The average molecular weight is 538 g/mol. The molecule has 1 saturated carbocycles. The third-order valence-electron chi connectivity index (χ3n) is 7.86. The fourth-order valence-corrected chi connectivity index (χ4v) is 5.71. The lowest BCUT2D eigenvalue weighted by molar-refractivity contribution is -0.137. The molecular weight excluding hydrogens is 514 g/mol. The van der Waals surface area contributed by atoms with Crippen LogP contribution in [0, 0.1) is 18.6 Å². The standard InChI is InChI=1S/C25H24F6N6O/c1-10-16(25(29,30)31)13(6-14(32)17(10)27)20-18(28)21-15(19(34-20)11-2-3-11)22(33)36-23(35-21)38-9-24-4-5-37(24)8-12(26)7-24/h6,11-12H,2-5,7-9,32H2,1H3,(H2,33,35,36). The summed E-state index contributed by atoms with van der Waals surface area (Å²) in [5.41, 5.74) is 7.15. The van der Waals surface area contributed by atoms with Crippen LogP contribution in [0.5, 0.6) is 6.01 Å². The molecule has 1 aromatic carbocycles. The number of ether oxygens (including phenoxy) is 1. The van der Waals surface area contributed by atoms with Gasteiger partial charge in [-0.15, -0.1) is 0 Å². The zero-order valence-electron chi connectivity index (χ0n) is 20.3. The zero-order valence-corrected chi connectivity index (χ0v) is 20.3. The zero-order chi connectivity index (χ0) is 27.1. The van der Waals surface area contributed by atoms with Crippen LogP contribution in [-0.2, 0) is 6.18 Å². The maximum atomic E-state index is 16.0. The van der Waals surface area contributed by atoms with Crippen molar-refractivity contribution in [3.8, 4) is 17.3 Å². The third-order valence-corrected chi connectivity index (χ3v) is 7.86. The minimum absolute atomic E-state index is 0.0549. The molecule has 4 N–H and O–H groups in total. The Morgan fingerprint density at radius 1 is 1.13 bits per heavy atom. The van der Waals surface area contributed by atoms with Gasteiger partial charge in [0.2, 0.25) is 0 Å². The van der Waals surface area contributed by atoms with Gasteiger partial charge in [-0.1, -0.05) is 0 Å². The number of fused-ring (bicyclic) bond motifs is 2. The second-order valence-corrected chi connectivity index (χ2v) is 10.4. The molecule has 2 aliphatic heterocycles. The molecule has 0 spiro atoms. The van der Waals surface area contributed by atoms with E-state index in [1.807, 2.05) is 4.90 Å². The summed E-state index contributed by atoms with van der Waals surface area (Å²) in [6, 6.07) is 0.459. The molecule has 7 nitrogen and oxygen atoms in total. The van der Waals surface area contributed by atoms with Gasteiger partial charge in [-0.2, -0.15) is 23.1 Å². The largest absolute Gasteiger partial charge is 0.461 e. The van der Waals surface area contributed by atoms with Crippen molar-refractivity contribution in [2.75, 3.05) is 31.2 Å². The monoisotopic (exact) mass is 538 g/mol. The minimum atomic E-state index is -5.01. The molecule has 2 saturated heterocycles. The number of rotatable bonds is 5. The van der Waals surface area contributed by atoms with Crippen LogP contribution in [-0.4, -0.2) is 51.3 Å². The number of pyridine rings is 1. The molecule has 1 aliphatic carbocycles. The molecule has 2 atom stereocenters. The fraction of sp³-hybridized carbons (Fsp3) is 0.480. The van der Waals surface area contributed by atoms with Crippen LogP contribution in [0.25, 0.3) is 22.2 Å². The Morgan fingerprint density at radius 3 is 2.47 bits per heavy atom. The van der Waals surface area contributed by atoms with Gasteiger partial charge in [0.15, 0.2) is 5.82 Å². The van der Waals surface area contributed by atoms with E-state index in [0.29, 0.717) is 19.4 Å². The summed E-state index contributed by atoms with van der Waals surface area (Å²) in [4.78, 5) is 14.6. The van der Waals surface area contributed by atoms with Crippen molar-refractivity contribution in [3.05, 3.63) is 34.5 Å². The maximum Gasteiger partial charge on any atom is 0.417 e. The van der Waals surface area contributed by atoms with E-state index in [1.54, 1.807) is 0 Å². The lowest BCUT2D eigenvalue weighted by atomic mass is 9.86. The predicted molar refractivity (Wildman–Crippen MR) is 127 cm³/mol. The molecular formula is C25H24F6N6O. The van der Waals surface area contributed by atoms with E-state index in [2.05, 4.69) is 15.0 Å². The lowest BCUT2D eigenvalue weighted by Gasteiger charge is -2.47. The molecule has 0 amide bonds. The summed E-state index contributed by atoms with van der Waals surface area (Å²) in [6.45, 7) is 2.03. The lowest BCUT2D eigenvalue weighted by Crippen LogP contribution is -2.59. The first kappa shape index (κ1) is 25.0. The minimum Gasteiger partial charge on any atom is -0.461 e. The number of aromatic nitrogens is 3. The number of hydrogen-bond donors (Lipinski definition) is 2. The second kappa shape index (κ2) is 8.32. The molecule has 2 unspecified atom stereocenters. The third kappa shape index (κ3) is 3.81. The maximum absolute atomic E-state index is 16.0. The van der Waals surface area contributed by atoms with Gasteiger partial charge in [0, 0.05) is 31.0 Å². The van der Waals surface area contributed by atoms with Gasteiger partial charge in [-0.3, -0.25) is 4.90 Å². The molecule has 3 aromatic rings. The van der Waals surface area contributed by atoms with Gasteiger partial charge in [-0.05, 0) is 37.8 Å². The molecule has 38 heavy (non-hydrogen) atoms. The summed E-state index contributed by atoms with van der Waals surface area (Å²) >= 11 is 0. The van der Waals surface area contributed by atoms with E-state index in [4.69, 9.17) is 16.2 Å². The second-order valence-electron chi connectivity index (χ2n) is 10.4. The predicted octanol–water partition coefficient (Wildman–Crippen LogP) is 4.90. The molecule has 4 heterocycles. The smallest absolute Gasteiger partial charge is 0.417 e. The first-order valence-corrected chi connectivity index (χ1v) is 12.2. The fourth-order valence-electron chi connectivity index (χ4n) is 5.71. The number of nitrogens with zero attached hydrogens (tertiary/aromatic N) is 4. The van der Waals surface area contributed by atoms with Gasteiger partial charge in [0.25, 0.3) is 0 Å². The van der Waals surface area contributed by atoms with Crippen LogP contribution in [0.3, 0.4) is 0 Å². The van der Waals surface area contributed by atoms with Crippen LogP contribution in [0.4, 0.5) is 37.8 Å². The number of anilines is 2. The quantitative estimate of drug-likeness (QED) is 0.352. The first-order valence-electron chi connectivity index (χ1n) is 12.2. The van der Waals surface area contributed by atoms with Crippen LogP contribution in [0.1, 0.15) is 48.4 Å². The molecule has 3 fully saturated rings. The average Bonchev–Trinajstić information content (AvgIpc) is 3.64. The van der Waals surface area contributed by atoms with Crippen molar-refractivity contribution in [1.82, 2.24) is 19.9 Å². The highest BCUT2D eigenvalue weighted by atomic mass is 19.4. The van der Waals surface area contributed by atoms with Gasteiger partial charge >= 0.3 is 12.2 Å².